The van der Waals surface area contributed by atoms with Crippen LogP contribution in [0.4, 0.5) is 15.4 Å². The number of likely N-dealkylation sites (tertiary alicyclic amines) is 1. The Morgan fingerprint density at radius 1 is 1.21 bits per heavy atom. The van der Waals surface area contributed by atoms with E-state index in [1.54, 1.807) is 22.2 Å². The standard InChI is InChI=1S/C21H30N4O4/c1-20(2,3)28-18(26)24-11-7-8-16(24)15-12-22-13-17(23-15)25-14-21(29-19(25)27)9-5-4-6-10-21/h12-13,16H,4-11,14H2,1-3H3/t16-/m0/s1. The first-order chi connectivity index (χ1) is 13.8. The van der Waals surface area contributed by atoms with Crippen LogP contribution in [0.3, 0.4) is 0 Å². The monoisotopic (exact) mass is 402 g/mol. The molecule has 3 heterocycles. The van der Waals surface area contributed by atoms with Gasteiger partial charge >= 0.3 is 12.2 Å². The molecule has 2 amide bonds. The Morgan fingerprint density at radius 2 is 1.97 bits per heavy atom. The normalized spacial score (nSPS) is 24.1. The third-order valence-electron chi connectivity index (χ3n) is 5.87. The highest BCUT2D eigenvalue weighted by molar-refractivity contribution is 5.89. The molecular formula is C21H30N4O4. The van der Waals surface area contributed by atoms with E-state index in [4.69, 9.17) is 14.5 Å². The Bertz CT molecular complexity index is 785. The summed E-state index contributed by atoms with van der Waals surface area (Å²) in [5, 5.41) is 0. The lowest BCUT2D eigenvalue weighted by Gasteiger charge is -2.30. The number of carbonyl (C=O) groups is 2. The largest absolute Gasteiger partial charge is 0.444 e. The Labute approximate surface area is 171 Å². The van der Waals surface area contributed by atoms with E-state index >= 15 is 0 Å². The minimum absolute atomic E-state index is 0.195. The Balaban J connectivity index is 1.53. The molecule has 0 bridgehead atoms. The zero-order chi connectivity index (χ0) is 20.6. The van der Waals surface area contributed by atoms with Crippen LogP contribution in [0, 0.1) is 0 Å². The number of nitrogens with zero attached hydrogens (tertiary/aromatic N) is 4. The zero-order valence-corrected chi connectivity index (χ0v) is 17.5. The summed E-state index contributed by atoms with van der Waals surface area (Å²) in [6.07, 6.45) is 9.41. The molecule has 0 aromatic carbocycles. The lowest BCUT2D eigenvalue weighted by molar-refractivity contribution is 0.0219. The molecule has 2 aliphatic heterocycles. The van der Waals surface area contributed by atoms with Crippen molar-refractivity contribution in [3.05, 3.63) is 18.1 Å². The molecule has 8 nitrogen and oxygen atoms in total. The molecular weight excluding hydrogens is 372 g/mol. The summed E-state index contributed by atoms with van der Waals surface area (Å²) in [7, 11) is 0. The van der Waals surface area contributed by atoms with Crippen LogP contribution in [0.5, 0.6) is 0 Å². The highest BCUT2D eigenvalue weighted by atomic mass is 16.6. The third kappa shape index (κ3) is 4.16. The fourth-order valence-electron chi connectivity index (χ4n) is 4.53. The van der Waals surface area contributed by atoms with E-state index in [2.05, 4.69) is 4.98 Å². The van der Waals surface area contributed by atoms with E-state index in [9.17, 15) is 9.59 Å². The van der Waals surface area contributed by atoms with Crippen molar-refractivity contribution in [2.45, 2.75) is 83.0 Å². The molecule has 1 saturated carbocycles. The SMILES string of the molecule is CC(C)(C)OC(=O)N1CCC[C@H]1c1cncc(N2CC3(CCCCC3)OC2=O)n1. The van der Waals surface area contributed by atoms with Crippen LogP contribution >= 0.6 is 0 Å². The van der Waals surface area contributed by atoms with Crippen molar-refractivity contribution in [3.63, 3.8) is 0 Å². The van der Waals surface area contributed by atoms with Crippen molar-refractivity contribution < 1.29 is 19.1 Å². The van der Waals surface area contributed by atoms with Gasteiger partial charge in [-0.25, -0.2) is 14.6 Å². The Morgan fingerprint density at radius 3 is 2.69 bits per heavy atom. The van der Waals surface area contributed by atoms with Gasteiger partial charge in [0.1, 0.15) is 11.2 Å². The molecule has 29 heavy (non-hydrogen) atoms. The molecule has 1 aliphatic carbocycles. The highest BCUT2D eigenvalue weighted by Gasteiger charge is 2.47. The summed E-state index contributed by atoms with van der Waals surface area (Å²) in [5.41, 5.74) is -0.253. The lowest BCUT2D eigenvalue weighted by Crippen LogP contribution is -2.37. The van der Waals surface area contributed by atoms with Gasteiger partial charge in [0.05, 0.1) is 30.7 Å². The van der Waals surface area contributed by atoms with Gasteiger partial charge in [0.25, 0.3) is 0 Å². The van der Waals surface area contributed by atoms with Gasteiger partial charge in [-0.1, -0.05) is 6.42 Å². The van der Waals surface area contributed by atoms with Gasteiger partial charge in [-0.3, -0.25) is 14.8 Å². The van der Waals surface area contributed by atoms with E-state index in [0.29, 0.717) is 24.6 Å². The van der Waals surface area contributed by atoms with Gasteiger partial charge in [0.2, 0.25) is 0 Å². The number of hydrogen-bond donors (Lipinski definition) is 0. The van der Waals surface area contributed by atoms with Crippen molar-refractivity contribution in [1.29, 1.82) is 0 Å². The Kier molecular flexibility index (Phi) is 5.12. The molecule has 1 atom stereocenters. The summed E-state index contributed by atoms with van der Waals surface area (Å²) in [6, 6.07) is -0.195. The van der Waals surface area contributed by atoms with E-state index in [-0.39, 0.29) is 23.8 Å². The minimum Gasteiger partial charge on any atom is -0.444 e. The molecule has 3 aliphatic rings. The molecule has 3 fully saturated rings. The summed E-state index contributed by atoms with van der Waals surface area (Å²) in [6.45, 7) is 6.72. The average Bonchev–Trinajstić information content (AvgIpc) is 3.26. The van der Waals surface area contributed by atoms with Gasteiger partial charge in [-0.15, -0.1) is 0 Å². The number of ether oxygens (including phenoxy) is 2. The molecule has 1 aromatic heterocycles. The number of carbonyl (C=O) groups excluding carboxylic acids is 2. The van der Waals surface area contributed by atoms with Crippen LogP contribution in [0.2, 0.25) is 0 Å². The predicted molar refractivity (Wildman–Crippen MR) is 107 cm³/mol. The maximum absolute atomic E-state index is 12.6. The fourth-order valence-corrected chi connectivity index (χ4v) is 4.53. The fraction of sp³-hybridized carbons (Fsp3) is 0.714. The van der Waals surface area contributed by atoms with Crippen molar-refractivity contribution >= 4 is 18.0 Å². The van der Waals surface area contributed by atoms with Crippen molar-refractivity contribution in [3.8, 4) is 0 Å². The zero-order valence-electron chi connectivity index (χ0n) is 17.5. The van der Waals surface area contributed by atoms with E-state index in [1.807, 2.05) is 20.8 Å². The van der Waals surface area contributed by atoms with Crippen molar-refractivity contribution in [2.75, 3.05) is 18.0 Å². The second-order valence-corrected chi connectivity index (χ2v) is 9.33. The molecule has 0 radical (unpaired) electrons. The molecule has 1 spiro atoms. The Hall–Kier alpha value is -2.38. The highest BCUT2D eigenvalue weighted by Crippen LogP contribution is 2.39. The molecule has 0 N–H and O–H groups in total. The maximum Gasteiger partial charge on any atom is 0.416 e. The smallest absolute Gasteiger partial charge is 0.416 e. The van der Waals surface area contributed by atoms with Crippen LogP contribution in [-0.4, -0.2) is 51.3 Å². The van der Waals surface area contributed by atoms with Crippen LogP contribution < -0.4 is 4.90 Å². The van der Waals surface area contributed by atoms with Gasteiger partial charge in [0.15, 0.2) is 5.82 Å². The first-order valence-electron chi connectivity index (χ1n) is 10.6. The van der Waals surface area contributed by atoms with Crippen molar-refractivity contribution in [2.24, 2.45) is 0 Å². The number of rotatable bonds is 2. The topological polar surface area (TPSA) is 84.9 Å². The predicted octanol–water partition coefficient (Wildman–Crippen LogP) is 4.21. The molecule has 8 heteroatoms. The average molecular weight is 402 g/mol. The molecule has 158 valence electrons. The number of anilines is 1. The minimum atomic E-state index is -0.550. The second-order valence-electron chi connectivity index (χ2n) is 9.33. The first kappa shape index (κ1) is 19.9. The van der Waals surface area contributed by atoms with Gasteiger partial charge in [-0.05, 0) is 59.3 Å². The number of aromatic nitrogens is 2. The van der Waals surface area contributed by atoms with Crippen LogP contribution in [0.1, 0.15) is 77.5 Å². The second kappa shape index (κ2) is 7.46. The number of amides is 2. The number of hydrogen-bond acceptors (Lipinski definition) is 6. The van der Waals surface area contributed by atoms with Crippen LogP contribution in [0.25, 0.3) is 0 Å². The van der Waals surface area contributed by atoms with E-state index in [1.165, 1.54) is 6.42 Å². The first-order valence-corrected chi connectivity index (χ1v) is 10.6. The van der Waals surface area contributed by atoms with E-state index < -0.39 is 5.60 Å². The van der Waals surface area contributed by atoms with Crippen LogP contribution in [-0.2, 0) is 9.47 Å². The summed E-state index contributed by atoms with van der Waals surface area (Å²) < 4.78 is 11.3. The maximum atomic E-state index is 12.6. The van der Waals surface area contributed by atoms with Gasteiger partial charge in [-0.2, -0.15) is 0 Å². The lowest BCUT2D eigenvalue weighted by atomic mass is 9.85. The third-order valence-corrected chi connectivity index (χ3v) is 5.87. The molecule has 1 aromatic rings. The van der Waals surface area contributed by atoms with Crippen molar-refractivity contribution in [1.82, 2.24) is 14.9 Å². The summed E-state index contributed by atoms with van der Waals surface area (Å²) in [5.74, 6) is 0.492. The molecule has 2 saturated heterocycles. The molecule has 0 unspecified atom stereocenters. The van der Waals surface area contributed by atoms with Gasteiger partial charge in [0, 0.05) is 6.54 Å². The van der Waals surface area contributed by atoms with E-state index in [0.717, 1.165) is 38.5 Å². The van der Waals surface area contributed by atoms with Gasteiger partial charge < -0.3 is 9.47 Å². The van der Waals surface area contributed by atoms with Crippen LogP contribution in [0.15, 0.2) is 12.4 Å². The molecule has 4 rings (SSSR count). The summed E-state index contributed by atoms with van der Waals surface area (Å²) >= 11 is 0. The summed E-state index contributed by atoms with van der Waals surface area (Å²) in [4.78, 5) is 37.5. The quantitative estimate of drug-likeness (QED) is 0.737.